The number of aryl methyl sites for hydroxylation is 1. The van der Waals surface area contributed by atoms with E-state index in [2.05, 4.69) is 0 Å². The zero-order valence-corrected chi connectivity index (χ0v) is 12.5. The molecule has 6 heteroatoms. The van der Waals surface area contributed by atoms with Crippen LogP contribution in [0.4, 0.5) is 0 Å². The van der Waals surface area contributed by atoms with Gasteiger partial charge >= 0.3 is 0 Å². The van der Waals surface area contributed by atoms with Crippen molar-refractivity contribution in [1.29, 1.82) is 0 Å². The van der Waals surface area contributed by atoms with Crippen molar-refractivity contribution in [1.82, 2.24) is 8.61 Å². The van der Waals surface area contributed by atoms with Crippen LogP contribution in [0.15, 0.2) is 24.3 Å². The van der Waals surface area contributed by atoms with E-state index in [9.17, 15) is 8.42 Å². The van der Waals surface area contributed by atoms with Gasteiger partial charge in [0.2, 0.25) is 0 Å². The quantitative estimate of drug-likeness (QED) is 0.844. The molecule has 5 nitrogen and oxygen atoms in total. The predicted octanol–water partition coefficient (Wildman–Crippen LogP) is 1.40. The van der Waals surface area contributed by atoms with Gasteiger partial charge in [0.05, 0.1) is 13.1 Å². The van der Waals surface area contributed by atoms with Gasteiger partial charge in [0.15, 0.2) is 0 Å². The molecule has 1 aromatic rings. The van der Waals surface area contributed by atoms with Crippen molar-refractivity contribution in [3.8, 4) is 5.75 Å². The van der Waals surface area contributed by atoms with E-state index >= 15 is 0 Å². The summed E-state index contributed by atoms with van der Waals surface area (Å²) in [4.78, 5) is 0. The molecule has 0 bridgehead atoms. The minimum absolute atomic E-state index is 0.0332. The molecule has 110 valence electrons. The van der Waals surface area contributed by atoms with Crippen LogP contribution >= 0.6 is 0 Å². The van der Waals surface area contributed by atoms with Gasteiger partial charge in [0.25, 0.3) is 10.2 Å². The molecule has 2 heterocycles. The Morgan fingerprint density at radius 3 is 2.50 bits per heavy atom. The molecule has 0 unspecified atom stereocenters. The van der Waals surface area contributed by atoms with E-state index in [1.165, 1.54) is 4.31 Å². The van der Waals surface area contributed by atoms with Crippen LogP contribution in [-0.2, 0) is 10.2 Å². The van der Waals surface area contributed by atoms with Crippen molar-refractivity contribution in [2.45, 2.75) is 25.9 Å². The molecular formula is C14H20N2O3S. The Bertz CT molecular complexity index is 576. The number of rotatable bonds is 4. The first-order chi connectivity index (χ1) is 9.55. The fourth-order valence-corrected chi connectivity index (χ4v) is 4.38. The van der Waals surface area contributed by atoms with Gasteiger partial charge in [-0.05, 0) is 37.5 Å². The molecule has 2 aliphatic heterocycles. The molecule has 0 N–H and O–H groups in total. The third kappa shape index (κ3) is 2.68. The molecule has 0 spiro atoms. The molecule has 0 aliphatic carbocycles. The average Bonchev–Trinajstić information content (AvgIpc) is 2.87. The SMILES string of the molecule is Cc1cccc(OC2CN(S(=O)(=O)N3CCCC3)C2)c1. The van der Waals surface area contributed by atoms with E-state index in [0.717, 1.165) is 24.2 Å². The third-order valence-electron chi connectivity index (χ3n) is 3.82. The maximum Gasteiger partial charge on any atom is 0.282 e. The fraction of sp³-hybridized carbons (Fsp3) is 0.571. The second-order valence-corrected chi connectivity index (χ2v) is 7.42. The summed E-state index contributed by atoms with van der Waals surface area (Å²) in [6.07, 6.45) is 1.90. The van der Waals surface area contributed by atoms with E-state index in [-0.39, 0.29) is 6.10 Å². The lowest BCUT2D eigenvalue weighted by Crippen LogP contribution is -2.59. The first kappa shape index (κ1) is 13.9. The van der Waals surface area contributed by atoms with Gasteiger partial charge in [-0.15, -0.1) is 0 Å². The molecule has 0 atom stereocenters. The molecule has 2 fully saturated rings. The highest BCUT2D eigenvalue weighted by atomic mass is 32.2. The average molecular weight is 296 g/mol. The highest BCUT2D eigenvalue weighted by molar-refractivity contribution is 7.86. The van der Waals surface area contributed by atoms with Crippen molar-refractivity contribution in [3.63, 3.8) is 0 Å². The van der Waals surface area contributed by atoms with Gasteiger partial charge in [0, 0.05) is 13.1 Å². The Labute approximate surface area is 120 Å². The molecular weight excluding hydrogens is 276 g/mol. The first-order valence-corrected chi connectivity index (χ1v) is 8.44. The number of benzene rings is 1. The van der Waals surface area contributed by atoms with E-state index < -0.39 is 10.2 Å². The monoisotopic (exact) mass is 296 g/mol. The van der Waals surface area contributed by atoms with Crippen LogP contribution in [0.2, 0.25) is 0 Å². The van der Waals surface area contributed by atoms with Crippen molar-refractivity contribution < 1.29 is 13.2 Å². The summed E-state index contributed by atoms with van der Waals surface area (Å²) in [7, 11) is -3.25. The highest BCUT2D eigenvalue weighted by Gasteiger charge is 2.41. The van der Waals surface area contributed by atoms with Crippen molar-refractivity contribution >= 4 is 10.2 Å². The van der Waals surface area contributed by atoms with E-state index in [0.29, 0.717) is 26.2 Å². The summed E-state index contributed by atoms with van der Waals surface area (Å²) in [5.41, 5.74) is 1.14. The zero-order valence-electron chi connectivity index (χ0n) is 11.7. The number of hydrogen-bond donors (Lipinski definition) is 0. The molecule has 0 radical (unpaired) electrons. The van der Waals surface area contributed by atoms with E-state index in [1.54, 1.807) is 4.31 Å². The maximum atomic E-state index is 12.3. The summed E-state index contributed by atoms with van der Waals surface area (Å²) in [5, 5.41) is 0. The van der Waals surface area contributed by atoms with Crippen molar-refractivity contribution in [2.24, 2.45) is 0 Å². The van der Waals surface area contributed by atoms with Gasteiger partial charge in [-0.2, -0.15) is 17.0 Å². The van der Waals surface area contributed by atoms with Crippen LogP contribution in [-0.4, -0.2) is 49.3 Å². The minimum atomic E-state index is -3.25. The van der Waals surface area contributed by atoms with Gasteiger partial charge < -0.3 is 4.74 Å². The molecule has 2 saturated heterocycles. The molecule has 1 aromatic carbocycles. The largest absolute Gasteiger partial charge is 0.488 e. The Hall–Kier alpha value is -1.11. The fourth-order valence-electron chi connectivity index (χ4n) is 2.63. The zero-order chi connectivity index (χ0) is 14.2. The summed E-state index contributed by atoms with van der Waals surface area (Å²) in [6.45, 7) is 4.22. The molecule has 0 saturated carbocycles. The molecule has 0 aromatic heterocycles. The maximum absolute atomic E-state index is 12.3. The second-order valence-electron chi connectivity index (χ2n) is 5.49. The van der Waals surface area contributed by atoms with Crippen molar-refractivity contribution in [2.75, 3.05) is 26.2 Å². The van der Waals surface area contributed by atoms with Crippen LogP contribution in [0.3, 0.4) is 0 Å². The Morgan fingerprint density at radius 2 is 1.85 bits per heavy atom. The number of ether oxygens (including phenoxy) is 1. The molecule has 3 rings (SSSR count). The van der Waals surface area contributed by atoms with Gasteiger partial charge in [0.1, 0.15) is 11.9 Å². The normalized spacial score (nSPS) is 21.9. The van der Waals surface area contributed by atoms with Crippen molar-refractivity contribution in [3.05, 3.63) is 29.8 Å². The summed E-state index contributed by atoms with van der Waals surface area (Å²) < 4.78 is 33.4. The van der Waals surface area contributed by atoms with Crippen LogP contribution in [0.25, 0.3) is 0 Å². The van der Waals surface area contributed by atoms with Gasteiger partial charge in [-0.3, -0.25) is 0 Å². The Balaban J connectivity index is 1.56. The summed E-state index contributed by atoms with van der Waals surface area (Å²) in [6, 6.07) is 7.84. The molecule has 0 amide bonds. The molecule has 20 heavy (non-hydrogen) atoms. The van der Waals surface area contributed by atoms with E-state index in [1.807, 2.05) is 31.2 Å². The van der Waals surface area contributed by atoms with Crippen LogP contribution in [0.5, 0.6) is 5.75 Å². The van der Waals surface area contributed by atoms with Crippen LogP contribution in [0.1, 0.15) is 18.4 Å². The van der Waals surface area contributed by atoms with E-state index in [4.69, 9.17) is 4.74 Å². The Morgan fingerprint density at radius 1 is 1.15 bits per heavy atom. The number of hydrogen-bond acceptors (Lipinski definition) is 3. The minimum Gasteiger partial charge on any atom is -0.488 e. The summed E-state index contributed by atoms with van der Waals surface area (Å²) in [5.74, 6) is 0.813. The topological polar surface area (TPSA) is 49.9 Å². The lowest BCUT2D eigenvalue weighted by atomic mass is 10.2. The molecule has 2 aliphatic rings. The van der Waals surface area contributed by atoms with Gasteiger partial charge in [-0.25, -0.2) is 0 Å². The first-order valence-electron chi connectivity index (χ1n) is 7.04. The lowest BCUT2D eigenvalue weighted by molar-refractivity contribution is 0.0720. The third-order valence-corrected chi connectivity index (χ3v) is 5.79. The Kier molecular flexibility index (Phi) is 3.70. The summed E-state index contributed by atoms with van der Waals surface area (Å²) >= 11 is 0. The lowest BCUT2D eigenvalue weighted by Gasteiger charge is -2.39. The van der Waals surface area contributed by atoms with Crippen LogP contribution < -0.4 is 4.74 Å². The number of nitrogens with zero attached hydrogens (tertiary/aromatic N) is 2. The highest BCUT2D eigenvalue weighted by Crippen LogP contribution is 2.24. The smallest absolute Gasteiger partial charge is 0.282 e. The second kappa shape index (κ2) is 5.35. The predicted molar refractivity (Wildman–Crippen MR) is 76.9 cm³/mol. The van der Waals surface area contributed by atoms with Crippen LogP contribution in [0, 0.1) is 6.92 Å². The standard InChI is InChI=1S/C14H20N2O3S/c1-12-5-4-6-13(9-12)19-14-10-16(11-14)20(17,18)15-7-2-3-8-15/h4-6,9,14H,2-3,7-8,10-11H2,1H3. The van der Waals surface area contributed by atoms with Gasteiger partial charge in [-0.1, -0.05) is 12.1 Å².